The van der Waals surface area contributed by atoms with Gasteiger partial charge in [0.2, 0.25) is 0 Å². The summed E-state index contributed by atoms with van der Waals surface area (Å²) in [6, 6.07) is 17.2. The van der Waals surface area contributed by atoms with E-state index in [4.69, 9.17) is 9.47 Å². The smallest absolute Gasteiger partial charge is 0.411 e. The van der Waals surface area contributed by atoms with Gasteiger partial charge in [0.25, 0.3) is 0 Å². The summed E-state index contributed by atoms with van der Waals surface area (Å²) in [6.45, 7) is 2.48. The number of unbranched alkanes of at least 4 members (excludes halogenated alkanes) is 1. The zero-order valence-electron chi connectivity index (χ0n) is 15.1. The molecule has 2 aromatic rings. The second-order valence-electron chi connectivity index (χ2n) is 5.90. The lowest BCUT2D eigenvalue weighted by atomic mass is 10.1. The van der Waals surface area contributed by atoms with E-state index >= 15 is 0 Å². The normalized spacial score (nSPS) is 10.2. The van der Waals surface area contributed by atoms with Gasteiger partial charge in [-0.05, 0) is 49.4 Å². The molecular formula is C21H25NO4. The Balaban J connectivity index is 1.68. The Labute approximate surface area is 154 Å². The van der Waals surface area contributed by atoms with Crippen molar-refractivity contribution < 1.29 is 19.1 Å². The van der Waals surface area contributed by atoms with Crippen molar-refractivity contribution in [1.29, 1.82) is 0 Å². The molecule has 0 saturated heterocycles. The van der Waals surface area contributed by atoms with Crippen molar-refractivity contribution in [3.05, 3.63) is 65.7 Å². The van der Waals surface area contributed by atoms with Crippen LogP contribution in [0.3, 0.4) is 0 Å². The lowest BCUT2D eigenvalue weighted by Crippen LogP contribution is -2.13. The number of carbonyl (C=O) groups is 2. The topological polar surface area (TPSA) is 64.6 Å². The minimum absolute atomic E-state index is 0.138. The highest BCUT2D eigenvalue weighted by atomic mass is 16.5. The van der Waals surface area contributed by atoms with E-state index in [0.29, 0.717) is 18.7 Å². The van der Waals surface area contributed by atoms with Crippen LogP contribution in [0.4, 0.5) is 10.5 Å². The SMILES string of the molecule is CCOC(=O)CCCCc1ccc(NC(=O)OCc2ccccc2)cc1. The van der Waals surface area contributed by atoms with Gasteiger partial charge < -0.3 is 9.47 Å². The second-order valence-corrected chi connectivity index (χ2v) is 5.90. The van der Waals surface area contributed by atoms with Crippen LogP contribution in [0.1, 0.15) is 37.3 Å². The first-order valence-corrected chi connectivity index (χ1v) is 8.89. The first kappa shape index (κ1) is 19.5. The molecule has 0 aliphatic heterocycles. The van der Waals surface area contributed by atoms with Crippen LogP contribution < -0.4 is 5.32 Å². The summed E-state index contributed by atoms with van der Waals surface area (Å²) in [5.41, 5.74) is 2.80. The van der Waals surface area contributed by atoms with Crippen LogP contribution in [0.5, 0.6) is 0 Å². The van der Waals surface area contributed by atoms with Crippen LogP contribution in [0.25, 0.3) is 0 Å². The number of aryl methyl sites for hydroxylation is 1. The zero-order chi connectivity index (χ0) is 18.6. The first-order valence-electron chi connectivity index (χ1n) is 8.89. The summed E-state index contributed by atoms with van der Waals surface area (Å²) < 4.78 is 10.1. The van der Waals surface area contributed by atoms with Crippen molar-refractivity contribution in [2.24, 2.45) is 0 Å². The number of esters is 1. The molecule has 5 heteroatoms. The summed E-state index contributed by atoms with van der Waals surface area (Å²) in [4.78, 5) is 23.1. The third kappa shape index (κ3) is 7.38. The van der Waals surface area contributed by atoms with E-state index in [-0.39, 0.29) is 12.6 Å². The average Bonchev–Trinajstić information content (AvgIpc) is 2.66. The molecule has 0 atom stereocenters. The monoisotopic (exact) mass is 355 g/mol. The van der Waals surface area contributed by atoms with Gasteiger partial charge in [-0.2, -0.15) is 0 Å². The summed E-state index contributed by atoms with van der Waals surface area (Å²) >= 11 is 0. The van der Waals surface area contributed by atoms with E-state index in [2.05, 4.69) is 5.32 Å². The lowest BCUT2D eigenvalue weighted by molar-refractivity contribution is -0.143. The molecule has 0 aliphatic carbocycles. The fourth-order valence-corrected chi connectivity index (χ4v) is 2.46. The molecule has 0 spiro atoms. The number of hydrogen-bond acceptors (Lipinski definition) is 4. The molecule has 26 heavy (non-hydrogen) atoms. The Morgan fingerprint density at radius 2 is 1.62 bits per heavy atom. The summed E-state index contributed by atoms with van der Waals surface area (Å²) in [5, 5.41) is 2.71. The van der Waals surface area contributed by atoms with Crippen LogP contribution in [-0.2, 0) is 27.3 Å². The summed E-state index contributed by atoms with van der Waals surface area (Å²) in [5.74, 6) is -0.138. The molecule has 0 saturated carbocycles. The predicted molar refractivity (Wildman–Crippen MR) is 101 cm³/mol. The van der Waals surface area contributed by atoms with Crippen LogP contribution >= 0.6 is 0 Å². The zero-order valence-corrected chi connectivity index (χ0v) is 15.1. The number of rotatable bonds is 9. The van der Waals surface area contributed by atoms with Gasteiger partial charge in [0, 0.05) is 12.1 Å². The van der Waals surface area contributed by atoms with Crippen molar-refractivity contribution >= 4 is 17.7 Å². The van der Waals surface area contributed by atoms with Crippen LogP contribution in [0, 0.1) is 0 Å². The van der Waals surface area contributed by atoms with Gasteiger partial charge in [0.15, 0.2) is 0 Å². The fourth-order valence-electron chi connectivity index (χ4n) is 2.46. The predicted octanol–water partition coefficient (Wildman–Crippen LogP) is 4.71. The van der Waals surface area contributed by atoms with Gasteiger partial charge in [0.1, 0.15) is 6.61 Å². The molecule has 0 aliphatic rings. The molecule has 0 unspecified atom stereocenters. The highest BCUT2D eigenvalue weighted by molar-refractivity contribution is 5.84. The quantitative estimate of drug-likeness (QED) is 0.522. The Hall–Kier alpha value is -2.82. The van der Waals surface area contributed by atoms with Crippen molar-refractivity contribution in [2.45, 2.75) is 39.2 Å². The molecule has 1 N–H and O–H groups in total. The van der Waals surface area contributed by atoms with Crippen LogP contribution in [-0.4, -0.2) is 18.7 Å². The maximum absolute atomic E-state index is 11.8. The highest BCUT2D eigenvalue weighted by Gasteiger charge is 2.05. The fraction of sp³-hybridized carbons (Fsp3) is 0.333. The van der Waals surface area contributed by atoms with Gasteiger partial charge in [-0.3, -0.25) is 10.1 Å². The van der Waals surface area contributed by atoms with Crippen LogP contribution in [0.15, 0.2) is 54.6 Å². The molecule has 2 rings (SSSR count). The van der Waals surface area contributed by atoms with E-state index < -0.39 is 6.09 Å². The molecule has 1 amide bonds. The van der Waals surface area contributed by atoms with Gasteiger partial charge in [-0.15, -0.1) is 0 Å². The Kier molecular flexibility index (Phi) is 8.19. The van der Waals surface area contributed by atoms with E-state index in [1.54, 1.807) is 0 Å². The molecule has 0 heterocycles. The van der Waals surface area contributed by atoms with Gasteiger partial charge in [-0.25, -0.2) is 4.79 Å². The number of nitrogens with one attached hydrogen (secondary N) is 1. The minimum Gasteiger partial charge on any atom is -0.466 e. The standard InChI is InChI=1S/C21H25NO4/c1-2-25-20(23)11-7-6-8-17-12-14-19(15-13-17)22-21(24)26-16-18-9-4-3-5-10-18/h3-5,9-10,12-15H,2,6-8,11,16H2,1H3,(H,22,24). The third-order valence-corrected chi connectivity index (χ3v) is 3.81. The number of ether oxygens (including phenoxy) is 2. The molecule has 0 fully saturated rings. The maximum Gasteiger partial charge on any atom is 0.411 e. The molecule has 138 valence electrons. The van der Waals surface area contributed by atoms with Crippen molar-refractivity contribution in [2.75, 3.05) is 11.9 Å². The molecule has 5 nitrogen and oxygen atoms in total. The van der Waals surface area contributed by atoms with Crippen LogP contribution in [0.2, 0.25) is 0 Å². The van der Waals surface area contributed by atoms with Gasteiger partial charge in [-0.1, -0.05) is 42.5 Å². The molecule has 0 bridgehead atoms. The van der Waals surface area contributed by atoms with Crippen molar-refractivity contribution in [3.63, 3.8) is 0 Å². The number of hydrogen-bond donors (Lipinski definition) is 1. The Morgan fingerprint density at radius 3 is 2.31 bits per heavy atom. The number of benzene rings is 2. The molecule has 0 radical (unpaired) electrons. The lowest BCUT2D eigenvalue weighted by Gasteiger charge is -2.08. The van der Waals surface area contributed by atoms with Crippen molar-refractivity contribution in [3.8, 4) is 0 Å². The number of amides is 1. The third-order valence-electron chi connectivity index (χ3n) is 3.81. The largest absolute Gasteiger partial charge is 0.466 e. The summed E-state index contributed by atoms with van der Waals surface area (Å²) in [6.07, 6.45) is 2.60. The Morgan fingerprint density at radius 1 is 0.885 bits per heavy atom. The van der Waals surface area contributed by atoms with Gasteiger partial charge in [0.05, 0.1) is 6.61 Å². The highest BCUT2D eigenvalue weighted by Crippen LogP contribution is 2.13. The first-order chi connectivity index (χ1) is 12.7. The van der Waals surface area contributed by atoms with Gasteiger partial charge >= 0.3 is 12.1 Å². The second kappa shape index (κ2) is 10.9. The molecular weight excluding hydrogens is 330 g/mol. The summed E-state index contributed by atoms with van der Waals surface area (Å²) in [7, 11) is 0. The van der Waals surface area contributed by atoms with E-state index in [0.717, 1.165) is 30.4 Å². The van der Waals surface area contributed by atoms with E-state index in [1.165, 1.54) is 0 Å². The number of anilines is 1. The maximum atomic E-state index is 11.8. The Bertz CT molecular complexity index is 683. The van der Waals surface area contributed by atoms with E-state index in [9.17, 15) is 9.59 Å². The van der Waals surface area contributed by atoms with E-state index in [1.807, 2.05) is 61.5 Å². The number of carbonyl (C=O) groups excluding carboxylic acids is 2. The molecule has 2 aromatic carbocycles. The minimum atomic E-state index is -0.476. The average molecular weight is 355 g/mol. The van der Waals surface area contributed by atoms with Crippen molar-refractivity contribution in [1.82, 2.24) is 0 Å². The molecule has 0 aromatic heterocycles.